The number of amides is 2. The number of aromatic nitrogens is 4. The largest absolute Gasteiger partial charge is 0.377 e. The van der Waals surface area contributed by atoms with Crippen LogP contribution in [0, 0.1) is 0 Å². The number of hydrogen-bond donors (Lipinski definition) is 3. The minimum absolute atomic E-state index is 0.0854. The zero-order valence-corrected chi connectivity index (χ0v) is 16.4. The van der Waals surface area contributed by atoms with Gasteiger partial charge >= 0.3 is 0 Å². The standard InChI is InChI=1S/C18H18BrN7O2/c19-13-6-2-4-8-15(13)26-17(23-24-25-26)11-22-14-7-3-1-5-12(14)18(28)21-10-9-16(20)27/h1-8,22H,9-11H2,(H2,20,27)(H,21,28). The Kier molecular flexibility index (Phi) is 6.33. The molecule has 0 aliphatic heterocycles. The summed E-state index contributed by atoms with van der Waals surface area (Å²) in [5.41, 5.74) is 6.98. The molecule has 0 atom stereocenters. The van der Waals surface area contributed by atoms with Gasteiger partial charge in [-0.2, -0.15) is 4.68 Å². The van der Waals surface area contributed by atoms with Gasteiger partial charge in [0.2, 0.25) is 5.91 Å². The van der Waals surface area contributed by atoms with Crippen molar-refractivity contribution in [3.8, 4) is 5.69 Å². The first kappa shape index (κ1) is 19.5. The molecule has 4 N–H and O–H groups in total. The number of nitrogens with one attached hydrogen (secondary N) is 2. The third-order valence-electron chi connectivity index (χ3n) is 3.88. The van der Waals surface area contributed by atoms with Gasteiger partial charge in [0.15, 0.2) is 5.82 Å². The van der Waals surface area contributed by atoms with Crippen molar-refractivity contribution in [1.82, 2.24) is 25.5 Å². The van der Waals surface area contributed by atoms with Crippen LogP contribution in [0.4, 0.5) is 5.69 Å². The van der Waals surface area contributed by atoms with Crippen LogP contribution in [0.5, 0.6) is 0 Å². The molecular weight excluding hydrogens is 426 g/mol. The second-order valence-corrected chi connectivity index (χ2v) is 6.68. The molecule has 1 heterocycles. The fourth-order valence-corrected chi connectivity index (χ4v) is 2.98. The molecule has 3 rings (SSSR count). The second-order valence-electron chi connectivity index (χ2n) is 5.83. The van der Waals surface area contributed by atoms with Crippen molar-refractivity contribution >= 4 is 33.4 Å². The van der Waals surface area contributed by atoms with Crippen molar-refractivity contribution in [1.29, 1.82) is 0 Å². The quantitative estimate of drug-likeness (QED) is 0.485. The Morgan fingerprint density at radius 2 is 1.86 bits per heavy atom. The van der Waals surface area contributed by atoms with Crippen LogP contribution in [0.1, 0.15) is 22.6 Å². The summed E-state index contributed by atoms with van der Waals surface area (Å²) in [5.74, 6) is -0.184. The average Bonchev–Trinajstić information content (AvgIpc) is 3.15. The Morgan fingerprint density at radius 3 is 2.64 bits per heavy atom. The van der Waals surface area contributed by atoms with E-state index < -0.39 is 5.91 Å². The minimum atomic E-state index is -0.467. The highest BCUT2D eigenvalue weighted by atomic mass is 79.9. The number of carbonyl (C=O) groups is 2. The summed E-state index contributed by atoms with van der Waals surface area (Å²) in [6.45, 7) is 0.489. The maximum atomic E-state index is 12.4. The van der Waals surface area contributed by atoms with E-state index >= 15 is 0 Å². The molecule has 0 radical (unpaired) electrons. The van der Waals surface area contributed by atoms with Gasteiger partial charge in [0.25, 0.3) is 5.91 Å². The normalized spacial score (nSPS) is 10.5. The monoisotopic (exact) mass is 443 g/mol. The van der Waals surface area contributed by atoms with Crippen LogP contribution >= 0.6 is 15.9 Å². The van der Waals surface area contributed by atoms with Crippen LogP contribution in [-0.2, 0) is 11.3 Å². The van der Waals surface area contributed by atoms with E-state index in [0.717, 1.165) is 10.2 Å². The van der Waals surface area contributed by atoms with Gasteiger partial charge in [0.1, 0.15) is 0 Å². The predicted molar refractivity (Wildman–Crippen MR) is 107 cm³/mol. The van der Waals surface area contributed by atoms with Crippen LogP contribution in [0.25, 0.3) is 5.69 Å². The van der Waals surface area contributed by atoms with E-state index in [4.69, 9.17) is 5.73 Å². The predicted octanol–water partition coefficient (Wildman–Crippen LogP) is 1.64. The van der Waals surface area contributed by atoms with Crippen molar-refractivity contribution in [2.75, 3.05) is 11.9 Å². The third-order valence-corrected chi connectivity index (χ3v) is 4.55. The highest BCUT2D eigenvalue weighted by Crippen LogP contribution is 2.21. The smallest absolute Gasteiger partial charge is 0.253 e. The fraction of sp³-hybridized carbons (Fsp3) is 0.167. The minimum Gasteiger partial charge on any atom is -0.377 e. The van der Waals surface area contributed by atoms with Crippen LogP contribution < -0.4 is 16.4 Å². The van der Waals surface area contributed by atoms with E-state index in [1.54, 1.807) is 22.9 Å². The van der Waals surface area contributed by atoms with Gasteiger partial charge < -0.3 is 16.4 Å². The van der Waals surface area contributed by atoms with Crippen LogP contribution in [0.2, 0.25) is 0 Å². The molecular formula is C18H18BrN7O2. The molecule has 144 valence electrons. The lowest BCUT2D eigenvalue weighted by atomic mass is 10.1. The average molecular weight is 444 g/mol. The van der Waals surface area contributed by atoms with Gasteiger partial charge in [0, 0.05) is 23.1 Å². The third kappa shape index (κ3) is 4.71. The molecule has 0 fully saturated rings. The summed E-state index contributed by atoms with van der Waals surface area (Å²) in [7, 11) is 0. The Hall–Kier alpha value is -3.27. The highest BCUT2D eigenvalue weighted by molar-refractivity contribution is 9.10. The summed E-state index contributed by atoms with van der Waals surface area (Å²) in [4.78, 5) is 23.2. The highest BCUT2D eigenvalue weighted by Gasteiger charge is 2.14. The lowest BCUT2D eigenvalue weighted by Gasteiger charge is -2.12. The van der Waals surface area contributed by atoms with Crippen molar-refractivity contribution < 1.29 is 9.59 Å². The van der Waals surface area contributed by atoms with Crippen molar-refractivity contribution in [3.63, 3.8) is 0 Å². The van der Waals surface area contributed by atoms with E-state index in [1.807, 2.05) is 30.3 Å². The molecule has 0 spiro atoms. The maximum Gasteiger partial charge on any atom is 0.253 e. The van der Waals surface area contributed by atoms with E-state index in [1.165, 1.54) is 0 Å². The van der Waals surface area contributed by atoms with Crippen molar-refractivity contribution in [2.24, 2.45) is 5.73 Å². The van der Waals surface area contributed by atoms with Gasteiger partial charge in [-0.3, -0.25) is 9.59 Å². The number of anilines is 1. The molecule has 0 aliphatic carbocycles. The molecule has 0 saturated carbocycles. The van der Waals surface area contributed by atoms with E-state index in [-0.39, 0.29) is 18.9 Å². The molecule has 3 aromatic rings. The topological polar surface area (TPSA) is 128 Å². The number of halogens is 1. The molecule has 28 heavy (non-hydrogen) atoms. The fourth-order valence-electron chi connectivity index (χ4n) is 2.53. The summed E-state index contributed by atoms with van der Waals surface area (Å²) >= 11 is 3.49. The van der Waals surface area contributed by atoms with Crippen molar-refractivity contribution in [2.45, 2.75) is 13.0 Å². The number of para-hydroxylation sites is 2. The van der Waals surface area contributed by atoms with Gasteiger partial charge in [-0.05, 0) is 50.6 Å². The number of nitrogens with two attached hydrogens (primary N) is 1. The summed E-state index contributed by atoms with van der Waals surface area (Å²) < 4.78 is 2.48. The summed E-state index contributed by atoms with van der Waals surface area (Å²) in [6.07, 6.45) is 0.0854. The van der Waals surface area contributed by atoms with E-state index in [0.29, 0.717) is 23.6 Å². The van der Waals surface area contributed by atoms with Gasteiger partial charge in [-0.25, -0.2) is 0 Å². The van der Waals surface area contributed by atoms with E-state index in [9.17, 15) is 9.59 Å². The molecule has 0 unspecified atom stereocenters. The van der Waals surface area contributed by atoms with E-state index in [2.05, 4.69) is 42.1 Å². The zero-order valence-electron chi connectivity index (χ0n) is 14.8. The molecule has 1 aromatic heterocycles. The Morgan fingerprint density at radius 1 is 1.11 bits per heavy atom. The number of nitrogens with zero attached hydrogens (tertiary/aromatic N) is 4. The number of benzene rings is 2. The number of hydrogen-bond acceptors (Lipinski definition) is 6. The lowest BCUT2D eigenvalue weighted by Crippen LogP contribution is -2.28. The van der Waals surface area contributed by atoms with Crippen LogP contribution in [0.3, 0.4) is 0 Å². The Bertz CT molecular complexity index is 989. The first-order valence-electron chi connectivity index (χ1n) is 8.48. The van der Waals surface area contributed by atoms with Gasteiger partial charge in [0.05, 0.1) is 17.8 Å². The molecule has 0 aliphatic rings. The first-order chi connectivity index (χ1) is 13.6. The Labute approximate surface area is 169 Å². The first-order valence-corrected chi connectivity index (χ1v) is 9.27. The number of carbonyl (C=O) groups excluding carboxylic acids is 2. The number of tetrazole rings is 1. The summed E-state index contributed by atoms with van der Waals surface area (Å²) in [5, 5.41) is 17.7. The Balaban J connectivity index is 1.73. The molecule has 2 amide bonds. The SMILES string of the molecule is NC(=O)CCNC(=O)c1ccccc1NCc1nnnn1-c1ccccc1Br. The molecule has 10 heteroatoms. The lowest BCUT2D eigenvalue weighted by molar-refractivity contribution is -0.117. The van der Waals surface area contributed by atoms with Gasteiger partial charge in [-0.15, -0.1) is 5.10 Å². The van der Waals surface area contributed by atoms with Crippen molar-refractivity contribution in [3.05, 3.63) is 64.4 Å². The molecule has 0 bridgehead atoms. The molecule has 2 aromatic carbocycles. The maximum absolute atomic E-state index is 12.4. The van der Waals surface area contributed by atoms with Gasteiger partial charge in [-0.1, -0.05) is 24.3 Å². The van der Waals surface area contributed by atoms with Crippen LogP contribution in [-0.4, -0.2) is 38.6 Å². The van der Waals surface area contributed by atoms with Crippen LogP contribution in [0.15, 0.2) is 53.0 Å². The zero-order chi connectivity index (χ0) is 19.9. The number of rotatable bonds is 8. The molecule has 0 saturated heterocycles. The number of primary amides is 1. The molecule has 9 nitrogen and oxygen atoms in total. The summed E-state index contributed by atoms with van der Waals surface area (Å²) in [6, 6.07) is 14.7. The second kappa shape index (κ2) is 9.09.